The van der Waals surface area contributed by atoms with Gasteiger partial charge in [0.05, 0.1) is 15.5 Å². The topological polar surface area (TPSA) is 216 Å². The van der Waals surface area contributed by atoms with Crippen LogP contribution in [0.4, 0.5) is 19.2 Å². The minimum atomic E-state index is -1.17. The van der Waals surface area contributed by atoms with E-state index in [1.807, 2.05) is 211 Å². The Kier molecular flexibility index (Phi) is 31.4. The number of amides is 4. The van der Waals surface area contributed by atoms with E-state index in [0.717, 1.165) is 77.9 Å². The number of nitrogens with two attached hydrogens (primary N) is 1. The van der Waals surface area contributed by atoms with Crippen molar-refractivity contribution >= 4 is 59.6 Å². The number of thioether (sulfide) groups is 2. The minimum Gasteiger partial charge on any atom is -0.480 e. The van der Waals surface area contributed by atoms with E-state index in [9.17, 15) is 33.9 Å². The zero-order chi connectivity index (χ0) is 80.3. The van der Waals surface area contributed by atoms with Crippen molar-refractivity contribution in [3.8, 4) is 22.3 Å². The normalized spacial score (nSPS) is 12.6. The van der Waals surface area contributed by atoms with Crippen molar-refractivity contribution in [3.63, 3.8) is 0 Å². The summed E-state index contributed by atoms with van der Waals surface area (Å²) < 4.78 is 27.0. The minimum absolute atomic E-state index is 0. The molecule has 0 saturated carbocycles. The summed E-state index contributed by atoms with van der Waals surface area (Å²) in [5.41, 5.74) is 19.4. The summed E-state index contributed by atoms with van der Waals surface area (Å²) in [7, 11) is 3.33. The molecule has 16 nitrogen and oxygen atoms in total. The van der Waals surface area contributed by atoms with E-state index in [2.05, 4.69) is 120 Å². The molecule has 0 aromatic heterocycles. The van der Waals surface area contributed by atoms with Crippen LogP contribution >= 0.6 is 23.5 Å². The van der Waals surface area contributed by atoms with Crippen molar-refractivity contribution in [2.75, 3.05) is 58.4 Å². The molecule has 112 heavy (non-hydrogen) atoms. The van der Waals surface area contributed by atoms with Crippen LogP contribution in [0.2, 0.25) is 0 Å². The number of likely N-dealkylation sites (N-methyl/N-ethyl adjacent to an activating group) is 1. The van der Waals surface area contributed by atoms with E-state index < -0.39 is 57.0 Å². The maximum Gasteiger partial charge on any atom is 0.410 e. The average Bonchev–Trinajstić information content (AvgIpc) is 1.75. The predicted molar refractivity (Wildman–Crippen MR) is 454 cm³/mol. The van der Waals surface area contributed by atoms with Gasteiger partial charge in [0, 0.05) is 64.9 Å². The summed E-state index contributed by atoms with van der Waals surface area (Å²) in [5.74, 6) is -1.11. The molecule has 0 radical (unpaired) electrons. The summed E-state index contributed by atoms with van der Waals surface area (Å²) >= 11 is 3.09. The zero-order valence-electron chi connectivity index (χ0n) is 65.8. The Labute approximate surface area is 671 Å². The van der Waals surface area contributed by atoms with Gasteiger partial charge in [-0.2, -0.15) is 0 Å². The number of nitrogens with zero attached hydrogens (tertiary/aromatic N) is 2. The van der Waals surface area contributed by atoms with Crippen molar-refractivity contribution in [2.24, 2.45) is 5.73 Å². The van der Waals surface area contributed by atoms with E-state index in [-0.39, 0.29) is 62.3 Å². The van der Waals surface area contributed by atoms with Crippen LogP contribution in [0.25, 0.3) is 22.3 Å². The van der Waals surface area contributed by atoms with E-state index in [0.29, 0.717) is 33.0 Å². The molecule has 2 aliphatic carbocycles. The number of ketones is 1. The maximum atomic E-state index is 14.2. The van der Waals surface area contributed by atoms with Crippen LogP contribution in [-0.2, 0) is 38.0 Å². The van der Waals surface area contributed by atoms with Crippen LogP contribution < -0.4 is 16.4 Å². The molecule has 0 aliphatic heterocycles. The highest BCUT2D eigenvalue weighted by atomic mass is 32.2. The van der Waals surface area contributed by atoms with Crippen molar-refractivity contribution < 1.29 is 54.2 Å². The van der Waals surface area contributed by atoms with Crippen LogP contribution in [0.15, 0.2) is 279 Å². The second-order valence-electron chi connectivity index (χ2n) is 28.7. The Balaban J connectivity index is 0.000000242. The lowest BCUT2D eigenvalue weighted by molar-refractivity contribution is -0.138. The van der Waals surface area contributed by atoms with Gasteiger partial charge in [-0.15, -0.1) is 23.5 Å². The van der Waals surface area contributed by atoms with E-state index >= 15 is 0 Å². The number of carbonyl (C=O) groups is 6. The third-order valence-corrected chi connectivity index (χ3v) is 22.0. The highest BCUT2D eigenvalue weighted by Crippen LogP contribution is 2.51. The number of nitrogens with one attached hydrogen (secondary N) is 2. The fraction of sp³-hybridized carbons (Fsp3) is 0.298. The number of hydrogen-bond donors (Lipinski definition) is 4. The van der Waals surface area contributed by atoms with Crippen LogP contribution in [0.3, 0.4) is 0 Å². The van der Waals surface area contributed by atoms with Crippen LogP contribution in [0, 0.1) is 0 Å². The summed E-state index contributed by atoms with van der Waals surface area (Å²) in [6.45, 7) is 14.8. The first-order chi connectivity index (χ1) is 53.9. The largest absolute Gasteiger partial charge is 0.480 e. The second kappa shape index (κ2) is 41.4. The third-order valence-electron chi connectivity index (χ3n) is 18.8. The maximum absolute atomic E-state index is 14.2. The molecule has 0 heterocycles. The number of aliphatic carboxylic acids is 1. The molecular weight excluding hydrogens is 1440 g/mol. The van der Waals surface area contributed by atoms with Crippen molar-refractivity contribution in [3.05, 3.63) is 335 Å². The average molecular weight is 1550 g/mol. The lowest BCUT2D eigenvalue weighted by Gasteiger charge is -2.36. The van der Waals surface area contributed by atoms with Crippen LogP contribution in [0.1, 0.15) is 144 Å². The predicted octanol–water partition coefficient (Wildman–Crippen LogP) is 20.0. The molecule has 12 rings (SSSR count). The van der Waals surface area contributed by atoms with E-state index in [1.165, 1.54) is 21.6 Å². The standard InChI is InChI=1S/C46H48N2O5S.C37H31NO4S.C8H18N2O2.C2H6.CH4/c1-45(2,3)53-44(51)48(4)30-18-29-42(49)41(47-43(50)52-31-40-38-27-16-14-25-36(38)37-26-15-17-28-39(37)40)32-54-46(33-19-8-5-9-20-33,34-21-10-6-11-22-34)35-23-12-7-13-24-35;39-35(40)34(38-36(41)42-24-33-31-22-12-10-20-29(31)30-21-11-13-23-32(30)33)25-43-37(26-14-4-1-5-15-26,27-16-6-2-7-17-27)28-18-8-3-9-19-28;1-8(2,3)12-7(11)10(4)6-5-9;1-2;/h5-17,19-28,40-41H,18,29-32H2,1-4H3,(H,47,50);1-23,33-34H,24-25H2,(H,38,41)(H,39,40);5-6,9H2,1-4H3;1-2H3;1H4/t41-;34-;;;/m00.../s1/i;;;1D;. The van der Waals surface area contributed by atoms with Gasteiger partial charge in [0.2, 0.25) is 0 Å². The number of carboxylic acid groups (broad SMARTS) is 1. The summed E-state index contributed by atoms with van der Waals surface area (Å²) in [5, 5.41) is 15.8. The first kappa shape index (κ1) is 85.1. The Morgan fingerprint density at radius 1 is 0.438 bits per heavy atom. The first-order valence-corrected chi connectivity index (χ1v) is 39.4. The molecule has 0 spiro atoms. The number of rotatable bonds is 26. The highest BCUT2D eigenvalue weighted by molar-refractivity contribution is 8.01. The molecule has 5 N–H and O–H groups in total. The summed E-state index contributed by atoms with van der Waals surface area (Å²) in [6, 6.07) is 91.5. The number of carbonyl (C=O) groups excluding carboxylic acids is 5. The van der Waals surface area contributed by atoms with Gasteiger partial charge >= 0.3 is 30.3 Å². The smallest absolute Gasteiger partial charge is 0.410 e. The Bertz CT molecular complexity index is 4390. The Hall–Kier alpha value is -10.9. The number of fused-ring (bicyclic) bond motifs is 6. The molecule has 10 aromatic rings. The van der Waals surface area contributed by atoms with Gasteiger partial charge < -0.3 is 50.2 Å². The summed E-state index contributed by atoms with van der Waals surface area (Å²) in [6.07, 6.45) is -1.61. The number of ether oxygens (including phenoxy) is 4. The van der Waals surface area contributed by atoms with Crippen LogP contribution in [0.5, 0.6) is 0 Å². The molecule has 0 bridgehead atoms. The molecule has 0 unspecified atom stereocenters. The van der Waals surface area contributed by atoms with E-state index in [4.69, 9.17) is 26.1 Å². The van der Waals surface area contributed by atoms with Crippen molar-refractivity contribution in [1.82, 2.24) is 20.4 Å². The molecule has 0 fully saturated rings. The quantitative estimate of drug-likeness (QED) is 0.0293. The second-order valence-corrected chi connectivity index (χ2v) is 31.2. The molecule has 586 valence electrons. The first-order valence-electron chi connectivity index (χ1n) is 38.1. The van der Waals surface area contributed by atoms with Gasteiger partial charge in [-0.05, 0) is 126 Å². The third kappa shape index (κ3) is 22.4. The fourth-order valence-corrected chi connectivity index (χ4v) is 16.8. The number of alkyl carbamates (subject to hydrolysis) is 2. The number of benzene rings is 10. The zero-order valence-corrected chi connectivity index (χ0v) is 66.4. The Morgan fingerprint density at radius 2 is 0.696 bits per heavy atom. The van der Waals surface area contributed by atoms with Gasteiger partial charge in [-0.1, -0.05) is 300 Å². The molecule has 18 heteroatoms. The van der Waals surface area contributed by atoms with Crippen molar-refractivity contribution in [1.29, 1.82) is 0 Å². The molecular formula is C94H107N5O11S2. The molecule has 2 atom stereocenters. The van der Waals surface area contributed by atoms with Gasteiger partial charge in [-0.3, -0.25) is 4.79 Å². The molecule has 10 aromatic carbocycles. The van der Waals surface area contributed by atoms with Gasteiger partial charge in [-0.25, -0.2) is 24.0 Å². The molecule has 4 amide bonds. The molecule has 0 saturated heterocycles. The number of hydrogen-bond acceptors (Lipinski definition) is 13. The van der Waals surface area contributed by atoms with Crippen LogP contribution in [-0.4, -0.2) is 133 Å². The SMILES string of the molecule is C.CN(CCCC(=O)[C@H](CSC(c1ccccc1)(c1ccccc1)c1ccccc1)NC(=O)OCC1c2ccccc2-c2ccccc21)C(=O)OC(C)(C)C.CN(CCN)C(=O)OC(C)(C)C.O=C(N[C@@H](CSC(c1ccccc1)(c1ccccc1)c1ccccc1)C(=O)O)OCC1c2ccccc2-c2ccccc21.[2H]CC. The van der Waals surface area contributed by atoms with Gasteiger partial charge in [0.15, 0.2) is 5.78 Å². The lowest BCUT2D eigenvalue weighted by Crippen LogP contribution is -2.44. The Morgan fingerprint density at radius 3 is 0.973 bits per heavy atom. The lowest BCUT2D eigenvalue weighted by atomic mass is 9.84. The van der Waals surface area contributed by atoms with Gasteiger partial charge in [0.1, 0.15) is 30.5 Å². The summed E-state index contributed by atoms with van der Waals surface area (Å²) in [4.78, 5) is 80.1. The number of Topliss-reactive ketones (excluding diaryl/α,β-unsaturated/α-hetero) is 1. The monoisotopic (exact) mass is 1550 g/mol. The molecule has 2 aliphatic rings. The van der Waals surface area contributed by atoms with Crippen molar-refractivity contribution in [2.45, 2.75) is 120 Å². The fourth-order valence-electron chi connectivity index (χ4n) is 13.6. The van der Waals surface area contributed by atoms with E-state index in [1.54, 1.807) is 32.8 Å². The highest BCUT2D eigenvalue weighted by Gasteiger charge is 2.41. The van der Waals surface area contributed by atoms with Gasteiger partial charge in [0.25, 0.3) is 0 Å². The number of carboxylic acids is 1.